The first kappa shape index (κ1) is 23.8. The van der Waals surface area contributed by atoms with Crippen LogP contribution < -0.4 is 0 Å². The second-order valence-corrected chi connectivity index (χ2v) is 11.1. The Labute approximate surface area is 216 Å². The van der Waals surface area contributed by atoms with Gasteiger partial charge in [-0.25, -0.2) is 5.01 Å². The summed E-state index contributed by atoms with van der Waals surface area (Å²) in [6, 6.07) is 13.1. The Balaban J connectivity index is 1.50. The second kappa shape index (κ2) is 8.94. The lowest BCUT2D eigenvalue weighted by atomic mass is 9.81. The van der Waals surface area contributed by atoms with Gasteiger partial charge in [0, 0.05) is 32.9 Å². The van der Waals surface area contributed by atoms with Gasteiger partial charge < -0.3 is 0 Å². The van der Waals surface area contributed by atoms with Crippen molar-refractivity contribution < 1.29 is 24.1 Å². The van der Waals surface area contributed by atoms with Gasteiger partial charge in [0.1, 0.15) is 6.54 Å². The molecule has 0 N–H and O–H groups in total. The van der Waals surface area contributed by atoms with Crippen molar-refractivity contribution in [1.82, 2.24) is 10.0 Å². The van der Waals surface area contributed by atoms with Crippen LogP contribution in [0.5, 0.6) is 0 Å². The largest absolute Gasteiger partial charge is 0.292 e. The lowest BCUT2D eigenvalue weighted by Crippen LogP contribution is -2.52. The van der Waals surface area contributed by atoms with Crippen molar-refractivity contribution in [2.24, 2.45) is 23.7 Å². The third-order valence-electron chi connectivity index (χ3n) is 7.15. The summed E-state index contributed by atoms with van der Waals surface area (Å²) in [4.78, 5) is 64.1. The predicted octanol–water partition coefficient (Wildman–Crippen LogP) is 3.61. The summed E-state index contributed by atoms with van der Waals surface area (Å²) >= 11 is 7.28. The van der Waals surface area contributed by atoms with E-state index in [0.717, 1.165) is 28.6 Å². The highest BCUT2D eigenvalue weighted by molar-refractivity contribution is 9.12. The Morgan fingerprint density at radius 3 is 1.97 bits per heavy atom. The highest BCUT2D eigenvalue weighted by Crippen LogP contribution is 2.60. The Bertz CT molecular complexity index is 1210. The van der Waals surface area contributed by atoms with Crippen molar-refractivity contribution in [1.29, 1.82) is 0 Å². The van der Waals surface area contributed by atoms with Gasteiger partial charge in [0.25, 0.3) is 23.4 Å². The molecule has 2 aromatic carbocycles. The van der Waals surface area contributed by atoms with Crippen molar-refractivity contribution in [3.63, 3.8) is 0 Å². The van der Waals surface area contributed by atoms with E-state index >= 15 is 0 Å². The number of ketones is 1. The zero-order valence-corrected chi connectivity index (χ0v) is 21.3. The molecule has 3 aliphatic rings. The SMILES string of the molecule is O=C(CN(C(=O)c1ccc([N+](=O)[O-])cc1)N1C(=O)[C@@H]2[C@H]3C[C@@H]([C@H](Br)[C@H]3Br)[C@H]2C1=O)c1ccccc1. The van der Waals surface area contributed by atoms with E-state index in [0.29, 0.717) is 5.56 Å². The zero-order valence-electron chi connectivity index (χ0n) is 18.1. The number of fused-ring (bicyclic) bond motifs is 5. The Hall–Kier alpha value is -2.92. The summed E-state index contributed by atoms with van der Waals surface area (Å²) in [6.07, 6.45) is 0.728. The normalized spacial score (nSPS) is 28.8. The number of carbonyl (C=O) groups excluding carboxylic acids is 4. The van der Waals surface area contributed by atoms with Crippen LogP contribution in [0, 0.1) is 33.8 Å². The van der Waals surface area contributed by atoms with Crippen molar-refractivity contribution >= 4 is 61.1 Å². The van der Waals surface area contributed by atoms with E-state index in [1.54, 1.807) is 30.3 Å². The number of alkyl halides is 2. The molecule has 1 saturated heterocycles. The summed E-state index contributed by atoms with van der Waals surface area (Å²) in [7, 11) is 0. The highest BCUT2D eigenvalue weighted by Gasteiger charge is 2.67. The number of carbonyl (C=O) groups is 4. The van der Waals surface area contributed by atoms with Crippen molar-refractivity contribution in [2.45, 2.75) is 16.1 Å². The predicted molar refractivity (Wildman–Crippen MR) is 131 cm³/mol. The fraction of sp³-hybridized carbons (Fsp3) is 0.333. The number of non-ortho nitro benzene ring substituents is 1. The average molecular weight is 605 g/mol. The molecule has 3 fully saturated rings. The van der Waals surface area contributed by atoms with Gasteiger partial charge in [-0.1, -0.05) is 62.2 Å². The van der Waals surface area contributed by atoms with Crippen LogP contribution in [-0.4, -0.2) is 54.6 Å². The molecule has 0 spiro atoms. The summed E-state index contributed by atoms with van der Waals surface area (Å²) < 4.78 is 0. The zero-order chi connectivity index (χ0) is 25.0. The van der Waals surface area contributed by atoms with Gasteiger partial charge in [-0.2, -0.15) is 5.01 Å². The van der Waals surface area contributed by atoms with Crippen molar-refractivity contribution in [3.05, 3.63) is 75.8 Å². The number of nitro benzene ring substituents is 1. The van der Waals surface area contributed by atoms with Crippen LogP contribution in [0.25, 0.3) is 0 Å². The maximum absolute atomic E-state index is 13.6. The average Bonchev–Trinajstić information content (AvgIpc) is 3.47. The third kappa shape index (κ3) is 3.81. The fourth-order valence-corrected chi connectivity index (χ4v) is 7.40. The molecular weight excluding hydrogens is 586 g/mol. The molecule has 0 radical (unpaired) electrons. The summed E-state index contributed by atoms with van der Waals surface area (Å²) in [5.74, 6) is -3.44. The molecule has 2 aliphatic carbocycles. The molecule has 5 rings (SSSR count). The Kier molecular flexibility index (Phi) is 6.08. The molecule has 2 bridgehead atoms. The first-order chi connectivity index (χ1) is 16.7. The monoisotopic (exact) mass is 603 g/mol. The molecule has 9 nitrogen and oxygen atoms in total. The van der Waals surface area contributed by atoms with E-state index in [-0.39, 0.29) is 32.7 Å². The maximum atomic E-state index is 13.6. The topological polar surface area (TPSA) is 118 Å². The molecule has 35 heavy (non-hydrogen) atoms. The number of halogens is 2. The van der Waals surface area contributed by atoms with Gasteiger partial charge in [0.05, 0.1) is 16.8 Å². The quantitative estimate of drug-likeness (QED) is 0.163. The summed E-state index contributed by atoms with van der Waals surface area (Å²) in [5, 5.41) is 12.7. The fourth-order valence-electron chi connectivity index (χ4n) is 5.53. The third-order valence-corrected chi connectivity index (χ3v) is 10.4. The molecule has 3 amide bonds. The van der Waals surface area contributed by atoms with E-state index in [4.69, 9.17) is 0 Å². The van der Waals surface area contributed by atoms with Crippen LogP contribution in [0.15, 0.2) is 54.6 Å². The Morgan fingerprint density at radius 1 is 0.914 bits per heavy atom. The van der Waals surface area contributed by atoms with Crippen molar-refractivity contribution in [2.75, 3.05) is 6.54 Å². The maximum Gasteiger partial charge on any atom is 0.273 e. The number of nitro groups is 1. The van der Waals surface area contributed by atoms with Gasteiger partial charge in [0.2, 0.25) is 0 Å². The molecule has 2 saturated carbocycles. The number of hydrogen-bond donors (Lipinski definition) is 0. The lowest BCUT2D eigenvalue weighted by Gasteiger charge is -2.30. The van der Waals surface area contributed by atoms with Crippen LogP contribution in [-0.2, 0) is 9.59 Å². The van der Waals surface area contributed by atoms with Gasteiger partial charge in [0.15, 0.2) is 5.78 Å². The molecule has 1 aliphatic heterocycles. The molecular formula is C24H19Br2N3O6. The number of hydrogen-bond acceptors (Lipinski definition) is 6. The minimum Gasteiger partial charge on any atom is -0.292 e. The summed E-state index contributed by atoms with van der Waals surface area (Å²) in [5.41, 5.74) is 0.142. The lowest BCUT2D eigenvalue weighted by molar-refractivity contribution is -0.384. The minimum atomic E-state index is -0.760. The molecule has 0 unspecified atom stereocenters. The number of hydrazine groups is 1. The first-order valence-corrected chi connectivity index (χ1v) is 12.8. The van der Waals surface area contributed by atoms with E-state index in [1.807, 2.05) is 0 Å². The van der Waals surface area contributed by atoms with Crippen LogP contribution in [0.2, 0.25) is 0 Å². The molecule has 11 heteroatoms. The minimum absolute atomic E-state index is 0.0221. The Morgan fingerprint density at radius 2 is 1.46 bits per heavy atom. The summed E-state index contributed by atoms with van der Waals surface area (Å²) in [6.45, 7) is -0.526. The standard InChI is InChI=1S/C24H19Br2N3O6/c25-20-15-10-16(21(20)26)19-18(15)23(32)28(24(19)33)27(11-17(30)12-4-2-1-3-5-12)22(31)13-6-8-14(9-7-13)29(34)35/h1-9,15-16,18-21H,10-11H2/t15-,16-,18-,19-,20+,21+/m1/s1. The number of nitrogens with zero attached hydrogens (tertiary/aromatic N) is 3. The van der Waals surface area contributed by atoms with Crippen LogP contribution >= 0.6 is 31.9 Å². The van der Waals surface area contributed by atoms with Gasteiger partial charge in [-0.05, 0) is 30.4 Å². The number of benzene rings is 2. The highest BCUT2D eigenvalue weighted by atomic mass is 79.9. The van der Waals surface area contributed by atoms with Crippen LogP contribution in [0.3, 0.4) is 0 Å². The van der Waals surface area contributed by atoms with E-state index < -0.39 is 46.8 Å². The van der Waals surface area contributed by atoms with Gasteiger partial charge in [-0.3, -0.25) is 29.3 Å². The van der Waals surface area contributed by atoms with Crippen LogP contribution in [0.4, 0.5) is 5.69 Å². The number of imide groups is 1. The molecule has 180 valence electrons. The first-order valence-electron chi connectivity index (χ1n) is 11.0. The van der Waals surface area contributed by atoms with Crippen LogP contribution in [0.1, 0.15) is 27.1 Å². The van der Waals surface area contributed by atoms with E-state index in [9.17, 15) is 29.3 Å². The molecule has 6 atom stereocenters. The molecule has 0 aromatic heterocycles. The molecule has 1 heterocycles. The second-order valence-electron chi connectivity index (χ2n) is 8.95. The van der Waals surface area contributed by atoms with Gasteiger partial charge >= 0.3 is 0 Å². The molecule has 2 aromatic rings. The van der Waals surface area contributed by atoms with Gasteiger partial charge in [-0.15, -0.1) is 0 Å². The number of rotatable bonds is 6. The smallest absolute Gasteiger partial charge is 0.273 e. The van der Waals surface area contributed by atoms with E-state index in [2.05, 4.69) is 31.9 Å². The van der Waals surface area contributed by atoms with Crippen molar-refractivity contribution in [3.8, 4) is 0 Å². The van der Waals surface area contributed by atoms with E-state index in [1.165, 1.54) is 12.1 Å². The number of Topliss-reactive ketones (excluding diaryl/α,β-unsaturated/α-hetero) is 1. The number of amides is 3.